The van der Waals surface area contributed by atoms with Crippen LogP contribution in [0.3, 0.4) is 0 Å². The normalized spacial score (nSPS) is 11.4. The number of hydrogen-bond acceptors (Lipinski definition) is 6. The lowest BCUT2D eigenvalue weighted by Crippen LogP contribution is -2.15. The van der Waals surface area contributed by atoms with Gasteiger partial charge in [-0.2, -0.15) is 5.10 Å². The molecule has 164 valence electrons. The molecule has 0 aliphatic carbocycles. The second-order valence-electron chi connectivity index (χ2n) is 7.05. The summed E-state index contributed by atoms with van der Waals surface area (Å²) in [4.78, 5) is 4.50. The SMILES string of the molecule is CCOc1cc2nccc(NC)c2cc1S(=O)(=O)C(C)C.Fc1ccc2[nH]ncc2c1. The molecule has 0 amide bonds. The molecule has 2 aromatic carbocycles. The molecule has 2 aromatic heterocycles. The Bertz CT molecular complexity index is 1300. The van der Waals surface area contributed by atoms with Gasteiger partial charge in [-0.3, -0.25) is 10.1 Å². The molecule has 0 fully saturated rings. The lowest BCUT2D eigenvalue weighted by atomic mass is 10.2. The number of nitrogens with zero attached hydrogens (tertiary/aromatic N) is 2. The van der Waals surface area contributed by atoms with E-state index in [1.165, 1.54) is 12.1 Å². The highest BCUT2D eigenvalue weighted by Gasteiger charge is 2.25. The fraction of sp³-hybridized carbons (Fsp3) is 0.273. The van der Waals surface area contributed by atoms with Crippen molar-refractivity contribution < 1.29 is 17.5 Å². The second kappa shape index (κ2) is 9.30. The molecule has 0 aliphatic rings. The summed E-state index contributed by atoms with van der Waals surface area (Å²) in [7, 11) is -1.63. The Balaban J connectivity index is 0.000000225. The topological polar surface area (TPSA) is 97.0 Å². The summed E-state index contributed by atoms with van der Waals surface area (Å²) in [6, 6.07) is 9.66. The summed E-state index contributed by atoms with van der Waals surface area (Å²) >= 11 is 0. The van der Waals surface area contributed by atoms with Crippen LogP contribution in [0.15, 0.2) is 53.7 Å². The van der Waals surface area contributed by atoms with Gasteiger partial charge in [0.1, 0.15) is 16.5 Å². The van der Waals surface area contributed by atoms with E-state index in [0.717, 1.165) is 22.0 Å². The Kier molecular flexibility index (Phi) is 6.74. The van der Waals surface area contributed by atoms with Gasteiger partial charge < -0.3 is 10.1 Å². The smallest absolute Gasteiger partial charge is 0.184 e. The van der Waals surface area contributed by atoms with E-state index >= 15 is 0 Å². The third-order valence-corrected chi connectivity index (χ3v) is 6.88. The summed E-state index contributed by atoms with van der Waals surface area (Å²) in [6.07, 6.45) is 3.28. The standard InChI is InChI=1S/C15H20N2O3S.C7H5FN2/c1-5-20-14-9-13-11(12(16-4)6-7-17-13)8-15(14)21(18,19)10(2)3;8-6-1-2-7-5(3-6)4-9-10-7/h6-10H,5H2,1-4H3,(H,16,17);1-4H,(H,9,10). The fourth-order valence-corrected chi connectivity index (χ4v) is 4.22. The Labute approximate surface area is 180 Å². The number of anilines is 1. The van der Waals surface area contributed by atoms with Gasteiger partial charge in [0.15, 0.2) is 9.84 Å². The first-order chi connectivity index (χ1) is 14.8. The molecule has 2 heterocycles. The molecule has 31 heavy (non-hydrogen) atoms. The molecule has 0 bridgehead atoms. The highest BCUT2D eigenvalue weighted by Crippen LogP contribution is 2.34. The van der Waals surface area contributed by atoms with Crippen LogP contribution in [0.2, 0.25) is 0 Å². The van der Waals surface area contributed by atoms with Crippen LogP contribution in [-0.2, 0) is 9.84 Å². The van der Waals surface area contributed by atoms with Crippen LogP contribution in [0, 0.1) is 5.82 Å². The summed E-state index contributed by atoms with van der Waals surface area (Å²) in [5, 5.41) is 10.6. The van der Waals surface area contributed by atoms with E-state index < -0.39 is 15.1 Å². The number of pyridine rings is 1. The predicted octanol–water partition coefficient (Wildman–Crippen LogP) is 4.56. The van der Waals surface area contributed by atoms with Gasteiger partial charge >= 0.3 is 0 Å². The zero-order chi connectivity index (χ0) is 22.6. The van der Waals surface area contributed by atoms with Gasteiger partial charge in [-0.15, -0.1) is 0 Å². The van der Waals surface area contributed by atoms with E-state index in [-0.39, 0.29) is 10.7 Å². The summed E-state index contributed by atoms with van der Waals surface area (Å²) < 4.78 is 43.1. The van der Waals surface area contributed by atoms with Crippen molar-refractivity contribution in [3.8, 4) is 5.75 Å². The molecule has 4 aromatic rings. The molecule has 4 rings (SSSR count). The van der Waals surface area contributed by atoms with E-state index in [2.05, 4.69) is 20.5 Å². The third kappa shape index (κ3) is 4.77. The van der Waals surface area contributed by atoms with Crippen LogP contribution in [0.4, 0.5) is 10.1 Å². The number of fused-ring (bicyclic) bond motifs is 2. The number of aromatic amines is 1. The zero-order valence-corrected chi connectivity index (χ0v) is 18.6. The number of nitrogens with one attached hydrogen (secondary N) is 2. The average Bonchev–Trinajstić information content (AvgIpc) is 3.21. The number of sulfone groups is 1. The minimum absolute atomic E-state index is 0.219. The van der Waals surface area contributed by atoms with Crippen molar-refractivity contribution in [1.82, 2.24) is 15.2 Å². The number of ether oxygens (including phenoxy) is 1. The maximum absolute atomic E-state index is 12.6. The van der Waals surface area contributed by atoms with Crippen LogP contribution in [0.1, 0.15) is 20.8 Å². The Morgan fingerprint density at radius 2 is 1.97 bits per heavy atom. The zero-order valence-electron chi connectivity index (χ0n) is 17.8. The van der Waals surface area contributed by atoms with Gasteiger partial charge in [-0.05, 0) is 51.1 Å². The summed E-state index contributed by atoms with van der Waals surface area (Å²) in [5.41, 5.74) is 2.40. The van der Waals surface area contributed by atoms with Crippen LogP contribution >= 0.6 is 0 Å². The molecule has 0 atom stereocenters. The fourth-order valence-electron chi connectivity index (χ4n) is 3.03. The molecule has 0 unspecified atom stereocenters. The van der Waals surface area contributed by atoms with E-state index in [1.807, 2.05) is 13.0 Å². The van der Waals surface area contributed by atoms with Crippen molar-refractivity contribution in [2.45, 2.75) is 30.9 Å². The third-order valence-electron chi connectivity index (χ3n) is 4.71. The molecule has 0 aliphatic heterocycles. The van der Waals surface area contributed by atoms with Gasteiger partial charge in [-0.25, -0.2) is 12.8 Å². The molecule has 0 radical (unpaired) electrons. The number of hydrogen-bond donors (Lipinski definition) is 2. The van der Waals surface area contributed by atoms with E-state index in [1.54, 1.807) is 51.5 Å². The number of halogens is 1. The number of benzene rings is 2. The quantitative estimate of drug-likeness (QED) is 0.468. The number of aromatic nitrogens is 3. The van der Waals surface area contributed by atoms with Gasteiger partial charge in [0.25, 0.3) is 0 Å². The van der Waals surface area contributed by atoms with Crippen molar-refractivity contribution in [1.29, 1.82) is 0 Å². The first kappa shape index (κ1) is 22.5. The first-order valence-electron chi connectivity index (χ1n) is 9.83. The van der Waals surface area contributed by atoms with Crippen LogP contribution in [-0.4, -0.2) is 42.5 Å². The lowest BCUT2D eigenvalue weighted by molar-refractivity contribution is 0.331. The molecule has 2 N–H and O–H groups in total. The molecule has 7 nitrogen and oxygen atoms in total. The first-order valence-corrected chi connectivity index (χ1v) is 11.4. The van der Waals surface area contributed by atoms with Crippen molar-refractivity contribution in [2.75, 3.05) is 19.0 Å². The molecule has 0 saturated heterocycles. The monoisotopic (exact) mass is 444 g/mol. The van der Waals surface area contributed by atoms with Crippen LogP contribution in [0.25, 0.3) is 21.8 Å². The van der Waals surface area contributed by atoms with Crippen molar-refractivity contribution in [3.63, 3.8) is 0 Å². The Morgan fingerprint density at radius 1 is 1.19 bits per heavy atom. The van der Waals surface area contributed by atoms with Gasteiger partial charge in [-0.1, -0.05) is 0 Å². The van der Waals surface area contributed by atoms with E-state index in [9.17, 15) is 12.8 Å². The minimum Gasteiger partial charge on any atom is -0.492 e. The number of H-pyrrole nitrogens is 1. The van der Waals surface area contributed by atoms with Crippen molar-refractivity contribution >= 4 is 37.3 Å². The average molecular weight is 445 g/mol. The second-order valence-corrected chi connectivity index (χ2v) is 9.53. The highest BCUT2D eigenvalue weighted by molar-refractivity contribution is 7.92. The van der Waals surface area contributed by atoms with E-state index in [0.29, 0.717) is 17.9 Å². The Hall–Kier alpha value is -3.20. The molecular weight excluding hydrogens is 419 g/mol. The maximum atomic E-state index is 12.6. The Morgan fingerprint density at radius 3 is 2.65 bits per heavy atom. The highest BCUT2D eigenvalue weighted by atomic mass is 32.2. The predicted molar refractivity (Wildman–Crippen MR) is 121 cm³/mol. The maximum Gasteiger partial charge on any atom is 0.184 e. The number of rotatable bonds is 5. The van der Waals surface area contributed by atoms with Gasteiger partial charge in [0.05, 0.1) is 29.1 Å². The van der Waals surface area contributed by atoms with Crippen molar-refractivity contribution in [3.05, 3.63) is 54.6 Å². The summed E-state index contributed by atoms with van der Waals surface area (Å²) in [6.45, 7) is 5.56. The van der Waals surface area contributed by atoms with Crippen LogP contribution < -0.4 is 10.1 Å². The van der Waals surface area contributed by atoms with Crippen LogP contribution in [0.5, 0.6) is 5.75 Å². The summed E-state index contributed by atoms with van der Waals surface area (Å²) in [5.74, 6) is 0.133. The largest absolute Gasteiger partial charge is 0.492 e. The van der Waals surface area contributed by atoms with E-state index in [4.69, 9.17) is 4.74 Å². The lowest BCUT2D eigenvalue weighted by Gasteiger charge is -2.15. The van der Waals surface area contributed by atoms with Gasteiger partial charge in [0, 0.05) is 35.8 Å². The molecule has 0 spiro atoms. The molecule has 0 saturated carbocycles. The molecule has 9 heteroatoms. The molecular formula is C22H25FN4O3S. The minimum atomic E-state index is -3.43. The van der Waals surface area contributed by atoms with Gasteiger partial charge in [0.2, 0.25) is 0 Å². The van der Waals surface area contributed by atoms with Crippen molar-refractivity contribution in [2.24, 2.45) is 0 Å².